The Hall–Kier alpha value is -1.58. The van der Waals surface area contributed by atoms with Gasteiger partial charge in [0.1, 0.15) is 0 Å². The molecule has 0 aromatic heterocycles. The van der Waals surface area contributed by atoms with Crippen LogP contribution in [0.5, 0.6) is 0 Å². The van der Waals surface area contributed by atoms with Crippen molar-refractivity contribution in [3.8, 4) is 0 Å². The first-order chi connectivity index (χ1) is 12.5. The van der Waals surface area contributed by atoms with E-state index in [4.69, 9.17) is 0 Å². The van der Waals surface area contributed by atoms with Crippen molar-refractivity contribution in [3.05, 3.63) is 105 Å². The molecule has 4 radical (unpaired) electrons. The summed E-state index contributed by atoms with van der Waals surface area (Å²) < 4.78 is 0. The Kier molecular flexibility index (Phi) is 14.7. The van der Waals surface area contributed by atoms with E-state index >= 15 is 0 Å². The first-order valence-electron chi connectivity index (χ1n) is 9.70. The third-order valence-corrected chi connectivity index (χ3v) is 4.10. The minimum atomic E-state index is 0. The fourth-order valence-electron chi connectivity index (χ4n) is 3.61. The zero-order valence-electron chi connectivity index (χ0n) is 19.7. The molecule has 0 amide bonds. The van der Waals surface area contributed by atoms with E-state index in [2.05, 4.69) is 117 Å². The predicted octanol–water partition coefficient (Wildman–Crippen LogP) is 6.63. The Bertz CT molecular complexity index is 613. The predicted molar refractivity (Wildman–Crippen MR) is 131 cm³/mol. The zero-order valence-corrected chi connectivity index (χ0v) is 22.6. The second-order valence-corrected chi connectivity index (χ2v) is 8.00. The molecule has 0 aliphatic heterocycles. The van der Waals surface area contributed by atoms with Crippen molar-refractivity contribution in [1.82, 2.24) is 0 Å². The van der Waals surface area contributed by atoms with Crippen LogP contribution in [0.3, 0.4) is 0 Å². The van der Waals surface area contributed by atoms with Gasteiger partial charge in [-0.15, -0.1) is 0 Å². The second-order valence-electron chi connectivity index (χ2n) is 8.00. The quantitative estimate of drug-likeness (QED) is 0.313. The molecule has 0 spiro atoms. The van der Waals surface area contributed by atoms with Gasteiger partial charge < -0.3 is 5.48 Å². The van der Waals surface area contributed by atoms with Crippen LogP contribution in [-0.4, -0.2) is 29.4 Å². The van der Waals surface area contributed by atoms with Crippen LogP contribution in [-0.2, 0) is 0 Å². The molecule has 0 fully saturated rings. The van der Waals surface area contributed by atoms with Crippen molar-refractivity contribution in [2.75, 3.05) is 0 Å². The molecule has 29 heavy (non-hydrogen) atoms. The molecule has 2 N–H and O–H groups in total. The maximum atomic E-state index is 2.19. The summed E-state index contributed by atoms with van der Waals surface area (Å²) in [7, 11) is 0. The van der Waals surface area contributed by atoms with Crippen molar-refractivity contribution in [2.24, 2.45) is 0 Å². The van der Waals surface area contributed by atoms with Crippen LogP contribution >= 0.6 is 0 Å². The van der Waals surface area contributed by atoms with Crippen molar-refractivity contribution in [3.63, 3.8) is 0 Å². The molecule has 0 saturated carbocycles. The molecular formula is C27H38OSn. The SMILES string of the molecule is Cc1cc(C)cc(C)c1.Cc1cc(C)cc(C)c1.Cc1cc(C)cc(C)c1.O.[Sn]. The zero-order chi connectivity index (χ0) is 20.6. The number of hydrogen-bond acceptors (Lipinski definition) is 0. The van der Waals surface area contributed by atoms with Gasteiger partial charge in [0, 0.05) is 23.9 Å². The van der Waals surface area contributed by atoms with E-state index in [0.29, 0.717) is 0 Å². The Morgan fingerprint density at radius 3 is 0.414 bits per heavy atom. The summed E-state index contributed by atoms with van der Waals surface area (Å²) in [4.78, 5) is 0. The van der Waals surface area contributed by atoms with Crippen LogP contribution in [0.2, 0.25) is 0 Å². The molecule has 0 atom stereocenters. The molecule has 156 valence electrons. The largest absolute Gasteiger partial charge is 0.412 e. The van der Waals surface area contributed by atoms with Gasteiger partial charge in [-0.25, -0.2) is 0 Å². The fourth-order valence-corrected chi connectivity index (χ4v) is 3.61. The molecular weight excluding hydrogens is 459 g/mol. The van der Waals surface area contributed by atoms with Crippen LogP contribution in [0.25, 0.3) is 0 Å². The van der Waals surface area contributed by atoms with E-state index in [1.165, 1.54) is 50.1 Å². The summed E-state index contributed by atoms with van der Waals surface area (Å²) in [5.74, 6) is 0. The first kappa shape index (κ1) is 29.6. The minimum absolute atomic E-state index is 0. The van der Waals surface area contributed by atoms with E-state index < -0.39 is 0 Å². The normalized spacial score (nSPS) is 9.00. The van der Waals surface area contributed by atoms with E-state index in [1.54, 1.807) is 0 Å². The summed E-state index contributed by atoms with van der Waals surface area (Å²) in [6.07, 6.45) is 0. The van der Waals surface area contributed by atoms with Crippen LogP contribution in [0.4, 0.5) is 0 Å². The fraction of sp³-hybridized carbons (Fsp3) is 0.333. The average molecular weight is 497 g/mol. The van der Waals surface area contributed by atoms with E-state index in [1.807, 2.05) is 0 Å². The molecule has 0 aliphatic carbocycles. The van der Waals surface area contributed by atoms with Gasteiger partial charge in [0.05, 0.1) is 0 Å². The van der Waals surface area contributed by atoms with Gasteiger partial charge in [-0.3, -0.25) is 0 Å². The maximum absolute atomic E-state index is 2.19. The molecule has 3 aromatic carbocycles. The molecule has 1 nitrogen and oxygen atoms in total. The molecule has 0 saturated heterocycles. The number of aryl methyl sites for hydroxylation is 9. The van der Waals surface area contributed by atoms with E-state index in [-0.39, 0.29) is 29.4 Å². The minimum Gasteiger partial charge on any atom is -0.412 e. The second kappa shape index (κ2) is 14.4. The summed E-state index contributed by atoms with van der Waals surface area (Å²) in [6, 6.07) is 19.7. The Labute approximate surface area is 195 Å². The maximum Gasteiger partial charge on any atom is 0 e. The third kappa shape index (κ3) is 13.3. The van der Waals surface area contributed by atoms with E-state index in [9.17, 15) is 0 Å². The molecule has 3 rings (SSSR count). The van der Waals surface area contributed by atoms with Crippen molar-refractivity contribution in [2.45, 2.75) is 62.3 Å². The average Bonchev–Trinajstić information content (AvgIpc) is 2.43. The molecule has 0 aliphatic rings. The first-order valence-corrected chi connectivity index (χ1v) is 9.70. The van der Waals surface area contributed by atoms with Gasteiger partial charge in [-0.05, 0) is 62.3 Å². The van der Waals surface area contributed by atoms with Gasteiger partial charge in [0.2, 0.25) is 0 Å². The van der Waals surface area contributed by atoms with Gasteiger partial charge in [0.15, 0.2) is 0 Å². The van der Waals surface area contributed by atoms with Crippen LogP contribution in [0, 0.1) is 62.3 Å². The van der Waals surface area contributed by atoms with Gasteiger partial charge in [0.25, 0.3) is 0 Å². The molecule has 0 heterocycles. The molecule has 0 unspecified atom stereocenters. The van der Waals surface area contributed by atoms with Crippen LogP contribution in [0.15, 0.2) is 54.6 Å². The Morgan fingerprint density at radius 1 is 0.276 bits per heavy atom. The summed E-state index contributed by atoms with van der Waals surface area (Å²) in [5.41, 5.74) is 12.2. The number of rotatable bonds is 0. The van der Waals surface area contributed by atoms with Crippen molar-refractivity contribution >= 4 is 23.9 Å². The monoisotopic (exact) mass is 498 g/mol. The van der Waals surface area contributed by atoms with Crippen molar-refractivity contribution in [1.29, 1.82) is 0 Å². The molecule has 3 aromatic rings. The summed E-state index contributed by atoms with van der Waals surface area (Å²) in [5, 5.41) is 0. The standard InChI is InChI=1S/3C9H12.H2O.Sn/c3*1-7-4-8(2)6-9(3)5-7;;/h3*4-6H,1-3H3;1H2;. The Balaban J connectivity index is 0. The van der Waals surface area contributed by atoms with Gasteiger partial charge in [-0.2, -0.15) is 0 Å². The summed E-state index contributed by atoms with van der Waals surface area (Å²) in [6.45, 7) is 19.1. The number of hydrogen-bond donors (Lipinski definition) is 0. The Morgan fingerprint density at radius 2 is 0.345 bits per heavy atom. The van der Waals surface area contributed by atoms with Crippen molar-refractivity contribution < 1.29 is 5.48 Å². The van der Waals surface area contributed by atoms with Gasteiger partial charge >= 0.3 is 0 Å². The third-order valence-electron chi connectivity index (χ3n) is 4.10. The van der Waals surface area contributed by atoms with E-state index in [0.717, 1.165) is 0 Å². The van der Waals surface area contributed by atoms with Gasteiger partial charge in [-0.1, -0.05) is 105 Å². The van der Waals surface area contributed by atoms with Crippen LogP contribution < -0.4 is 0 Å². The topological polar surface area (TPSA) is 31.5 Å². The summed E-state index contributed by atoms with van der Waals surface area (Å²) >= 11 is 0. The smallest absolute Gasteiger partial charge is 0 e. The molecule has 0 bridgehead atoms. The van der Waals surface area contributed by atoms with Crippen LogP contribution in [0.1, 0.15) is 50.1 Å². The number of benzene rings is 3. The molecule has 2 heteroatoms.